The highest BCUT2D eigenvalue weighted by atomic mass is 32.2. The molecule has 5 atom stereocenters. The molecule has 0 radical (unpaired) electrons. The van der Waals surface area contributed by atoms with Gasteiger partial charge in [-0.2, -0.15) is 0 Å². The van der Waals surface area contributed by atoms with Gasteiger partial charge in [0.25, 0.3) is 5.56 Å². The number of aromatic nitrogens is 2. The molecule has 44 heavy (non-hydrogen) atoms. The van der Waals surface area contributed by atoms with Gasteiger partial charge in [-0.3, -0.25) is 33.0 Å². The van der Waals surface area contributed by atoms with E-state index in [1.54, 1.807) is 32.9 Å². The zero-order valence-corrected chi connectivity index (χ0v) is 26.4. The number of primary amides is 1. The van der Waals surface area contributed by atoms with E-state index in [-0.39, 0.29) is 41.6 Å². The number of amides is 1. The number of carbonyl (C=O) groups is 2. The van der Waals surface area contributed by atoms with Crippen molar-refractivity contribution in [1.82, 2.24) is 9.55 Å². The first kappa shape index (κ1) is 35.1. The summed E-state index contributed by atoms with van der Waals surface area (Å²) in [6, 6.07) is 4.46. The van der Waals surface area contributed by atoms with Crippen LogP contribution in [0.15, 0.2) is 45.2 Å². The third-order valence-corrected chi connectivity index (χ3v) is 9.04. The number of carbonyl (C=O) groups excluding carboxylic acids is 2. The van der Waals surface area contributed by atoms with Crippen molar-refractivity contribution in [3.8, 4) is 5.75 Å². The zero-order chi connectivity index (χ0) is 32.7. The van der Waals surface area contributed by atoms with Crippen molar-refractivity contribution in [3.05, 3.63) is 72.9 Å². The molecule has 5 N–H and O–H groups in total. The molecular formula is C26H36N7O9PS. The number of ether oxygens (including phenoxy) is 1. The second kappa shape index (κ2) is 15.0. The molecule has 1 aromatic carbocycles. The molecule has 1 fully saturated rings. The molecule has 0 spiro atoms. The first-order valence-electron chi connectivity index (χ1n) is 13.5. The van der Waals surface area contributed by atoms with Crippen LogP contribution in [0.4, 0.5) is 0 Å². The van der Waals surface area contributed by atoms with E-state index in [1.807, 2.05) is 0 Å². The number of nitrogens with zero attached hydrogens (tertiary/aromatic N) is 4. The van der Waals surface area contributed by atoms with E-state index in [0.29, 0.717) is 5.56 Å². The summed E-state index contributed by atoms with van der Waals surface area (Å²) in [5.41, 5.74) is 19.1. The number of nitrogens with one attached hydrogen (secondary N) is 1. The number of aromatic amines is 1. The van der Waals surface area contributed by atoms with Gasteiger partial charge in [0.05, 0.1) is 31.4 Å². The quantitative estimate of drug-likeness (QED) is 0.0879. The maximum atomic E-state index is 13.8. The standard InChI is InChI=1S/C26H36N7O9PS/c1-15-13-33(25(37)30-23(15)35)21-12-19(31-32-29)20(41-21)14-40-43(38,39-9-10-44-24(36)26(2,3)4)42-17-7-5-16(6-8-17)11-18(27)22(28)34/h5-8,13,18-21H,9-12,14,27H2,1-4H3,(H2,28,34)(H,30,35,37)/t18-,19-,20+,21+,43?/m0/s1. The number of hydrogen-bond donors (Lipinski definition) is 3. The van der Waals surface area contributed by atoms with Gasteiger partial charge in [-0.05, 0) is 36.6 Å². The summed E-state index contributed by atoms with van der Waals surface area (Å²) in [5.74, 6) is -0.389. The Morgan fingerprint density at radius 2 is 1.95 bits per heavy atom. The molecule has 1 aliphatic heterocycles. The fraction of sp³-hybridized carbons (Fsp3) is 0.538. The monoisotopic (exact) mass is 653 g/mol. The maximum absolute atomic E-state index is 13.8. The molecule has 16 nitrogen and oxygen atoms in total. The van der Waals surface area contributed by atoms with Crippen LogP contribution in [0, 0.1) is 12.3 Å². The number of nitrogens with two attached hydrogens (primary N) is 2. The molecule has 1 unspecified atom stereocenters. The van der Waals surface area contributed by atoms with Crippen LogP contribution in [-0.2, 0) is 34.4 Å². The van der Waals surface area contributed by atoms with Gasteiger partial charge in [-0.15, -0.1) is 0 Å². The van der Waals surface area contributed by atoms with Crippen molar-refractivity contribution in [2.75, 3.05) is 19.0 Å². The van der Waals surface area contributed by atoms with Crippen LogP contribution >= 0.6 is 19.6 Å². The van der Waals surface area contributed by atoms with Crippen molar-refractivity contribution in [2.24, 2.45) is 22.0 Å². The summed E-state index contributed by atoms with van der Waals surface area (Å²) >= 11 is 1.01. The fourth-order valence-electron chi connectivity index (χ4n) is 3.95. The molecule has 3 rings (SSSR count). The average molecular weight is 654 g/mol. The first-order valence-corrected chi connectivity index (χ1v) is 16.0. The molecule has 18 heteroatoms. The predicted molar refractivity (Wildman–Crippen MR) is 162 cm³/mol. The van der Waals surface area contributed by atoms with E-state index < -0.39 is 61.4 Å². The average Bonchev–Trinajstić information content (AvgIpc) is 3.35. The Kier molecular flexibility index (Phi) is 12.0. The lowest BCUT2D eigenvalue weighted by Crippen LogP contribution is -2.38. The lowest BCUT2D eigenvalue weighted by Gasteiger charge is -2.22. The number of benzene rings is 1. The lowest BCUT2D eigenvalue weighted by atomic mass is 10.00. The van der Waals surface area contributed by atoms with Crippen LogP contribution in [0.3, 0.4) is 0 Å². The van der Waals surface area contributed by atoms with Crippen LogP contribution in [0.5, 0.6) is 5.75 Å². The summed E-state index contributed by atoms with van der Waals surface area (Å²) in [5, 5.41) is 3.65. The Morgan fingerprint density at radius 3 is 2.57 bits per heavy atom. The minimum absolute atomic E-state index is 0.0654. The Hall–Kier alpha value is -3.43. The van der Waals surface area contributed by atoms with Crippen molar-refractivity contribution < 1.29 is 32.5 Å². The molecule has 0 saturated carbocycles. The van der Waals surface area contributed by atoms with Crippen molar-refractivity contribution in [2.45, 2.75) is 65.0 Å². The summed E-state index contributed by atoms with van der Waals surface area (Å²) < 4.78 is 37.7. The highest BCUT2D eigenvalue weighted by Gasteiger charge is 2.39. The van der Waals surface area contributed by atoms with Gasteiger partial charge in [-0.1, -0.05) is 49.8 Å². The van der Waals surface area contributed by atoms with E-state index in [9.17, 15) is 23.7 Å². The van der Waals surface area contributed by atoms with Gasteiger partial charge in [-0.25, -0.2) is 9.36 Å². The van der Waals surface area contributed by atoms with Crippen molar-refractivity contribution >= 4 is 30.6 Å². The lowest BCUT2D eigenvalue weighted by molar-refractivity contribution is -0.119. The zero-order valence-electron chi connectivity index (χ0n) is 24.7. The molecular weight excluding hydrogens is 617 g/mol. The van der Waals surface area contributed by atoms with E-state index in [2.05, 4.69) is 15.0 Å². The van der Waals surface area contributed by atoms with E-state index in [0.717, 1.165) is 11.8 Å². The number of thioether (sulfide) groups is 1. The molecule has 1 saturated heterocycles. The number of H-pyrrole nitrogens is 1. The second-order valence-electron chi connectivity index (χ2n) is 11.0. The molecule has 240 valence electrons. The van der Waals surface area contributed by atoms with Gasteiger partial charge in [0.15, 0.2) is 5.12 Å². The van der Waals surface area contributed by atoms with Gasteiger partial charge < -0.3 is 20.7 Å². The van der Waals surface area contributed by atoms with Gasteiger partial charge >= 0.3 is 13.5 Å². The number of phosphoric ester groups is 1. The number of aryl methyl sites for hydroxylation is 1. The van der Waals surface area contributed by atoms with Gasteiger partial charge in [0, 0.05) is 34.3 Å². The number of rotatable bonds is 14. The topological polar surface area (TPSA) is 244 Å². The minimum atomic E-state index is -4.37. The maximum Gasteiger partial charge on any atom is 0.530 e. The number of azide groups is 1. The minimum Gasteiger partial charge on any atom is -0.404 e. The summed E-state index contributed by atoms with van der Waals surface area (Å²) in [7, 11) is -4.37. The number of hydrogen-bond acceptors (Lipinski definition) is 12. The number of phosphoric acid groups is 1. The molecule has 1 aromatic heterocycles. The van der Waals surface area contributed by atoms with Crippen LogP contribution in [0.2, 0.25) is 0 Å². The first-order chi connectivity index (χ1) is 20.6. The van der Waals surface area contributed by atoms with Crippen molar-refractivity contribution in [3.63, 3.8) is 0 Å². The van der Waals surface area contributed by atoms with Gasteiger partial charge in [0.1, 0.15) is 12.0 Å². The third kappa shape index (κ3) is 9.79. The van der Waals surface area contributed by atoms with Crippen LogP contribution < -0.4 is 27.2 Å². The highest BCUT2D eigenvalue weighted by Crippen LogP contribution is 2.50. The Bertz CT molecular complexity index is 1550. The van der Waals surface area contributed by atoms with Crippen molar-refractivity contribution in [1.29, 1.82) is 0 Å². The molecule has 0 aliphatic carbocycles. The summed E-state index contributed by atoms with van der Waals surface area (Å²) in [6.07, 6.45) is -0.308. The molecule has 2 heterocycles. The largest absolute Gasteiger partial charge is 0.530 e. The SMILES string of the molecule is Cc1cn([C@H]2C[C@H](N=[N+]=[N-])[C@@H](COP(=O)(OCCSC(=O)C(C)(C)C)Oc3ccc(C[C@H](N)C(N)=O)cc3)O2)c(=O)[nH]c1=O. The predicted octanol–water partition coefficient (Wildman–Crippen LogP) is 2.69. The smallest absolute Gasteiger partial charge is 0.404 e. The normalized spacial score (nSPS) is 20.3. The summed E-state index contributed by atoms with van der Waals surface area (Å²) in [6.45, 7) is 6.25. The second-order valence-corrected chi connectivity index (χ2v) is 13.7. The van der Waals surface area contributed by atoms with Crippen LogP contribution in [0.25, 0.3) is 10.4 Å². The Morgan fingerprint density at radius 1 is 1.27 bits per heavy atom. The summed E-state index contributed by atoms with van der Waals surface area (Å²) in [4.78, 5) is 52.8. The molecule has 1 amide bonds. The fourth-order valence-corrected chi connectivity index (χ4v) is 6.06. The molecule has 0 bridgehead atoms. The van der Waals surface area contributed by atoms with E-state index in [4.69, 9.17) is 35.3 Å². The highest BCUT2D eigenvalue weighted by molar-refractivity contribution is 8.13. The third-order valence-electron chi connectivity index (χ3n) is 6.40. The van der Waals surface area contributed by atoms with E-state index in [1.165, 1.54) is 29.8 Å². The van der Waals surface area contributed by atoms with E-state index >= 15 is 0 Å². The van der Waals surface area contributed by atoms with Crippen LogP contribution in [0.1, 0.15) is 44.5 Å². The van der Waals surface area contributed by atoms with Crippen LogP contribution in [-0.4, -0.2) is 57.7 Å². The Balaban J connectivity index is 1.76. The Labute approximate surface area is 257 Å². The molecule has 1 aliphatic rings. The molecule has 2 aromatic rings. The van der Waals surface area contributed by atoms with Gasteiger partial charge in [0.2, 0.25) is 5.91 Å².